The number of hydrogen-bond acceptors (Lipinski definition) is 2. The Morgan fingerprint density at radius 3 is 2.56 bits per heavy atom. The first-order valence-corrected chi connectivity index (χ1v) is 7.02. The Hall–Kier alpha value is -1.02. The van der Waals surface area contributed by atoms with E-state index < -0.39 is 0 Å². The third-order valence-corrected chi connectivity index (χ3v) is 4.38. The maximum atomic E-state index is 10.1. The predicted octanol–water partition coefficient (Wildman–Crippen LogP) is 3.74. The fourth-order valence-corrected chi connectivity index (χ4v) is 2.92. The van der Waals surface area contributed by atoms with Crippen LogP contribution in [0.2, 0.25) is 0 Å². The van der Waals surface area contributed by atoms with E-state index in [-0.39, 0.29) is 0 Å². The molecular formula is C16H25NO. The summed E-state index contributed by atoms with van der Waals surface area (Å²) in [5, 5.41) is 10.1. The normalized spacial score (nSPS) is 22.6. The molecule has 1 heterocycles. The fraction of sp³-hybridized carbons (Fsp3) is 0.625. The summed E-state index contributed by atoms with van der Waals surface area (Å²) in [6.45, 7) is 11.1. The van der Waals surface area contributed by atoms with Crippen LogP contribution in [-0.2, 0) is 0 Å². The molecule has 2 rings (SSSR count). The minimum absolute atomic E-state index is 0.314. The Kier molecular flexibility index (Phi) is 3.96. The van der Waals surface area contributed by atoms with Crippen LogP contribution in [0.1, 0.15) is 44.4 Å². The number of rotatable bonds is 3. The average Bonchev–Trinajstić information content (AvgIpc) is 2.77. The topological polar surface area (TPSA) is 23.5 Å². The lowest BCUT2D eigenvalue weighted by atomic mass is 9.95. The maximum Gasteiger partial charge on any atom is 0.120 e. The Morgan fingerprint density at radius 1 is 1.28 bits per heavy atom. The van der Waals surface area contributed by atoms with Crippen LogP contribution in [0.5, 0.6) is 5.75 Å². The molecule has 0 amide bonds. The van der Waals surface area contributed by atoms with E-state index >= 15 is 0 Å². The SMILES string of the molecule is Cc1ccc(C(C)N2CCC(C(C)C)C2)c(O)c1. The molecule has 1 aromatic carbocycles. The lowest BCUT2D eigenvalue weighted by molar-refractivity contribution is 0.238. The third-order valence-electron chi connectivity index (χ3n) is 4.38. The second kappa shape index (κ2) is 5.31. The molecule has 1 aromatic rings. The van der Waals surface area contributed by atoms with Gasteiger partial charge in [-0.25, -0.2) is 0 Å². The molecule has 2 heteroatoms. The molecule has 2 nitrogen and oxygen atoms in total. The van der Waals surface area contributed by atoms with E-state index in [0.29, 0.717) is 11.8 Å². The number of aromatic hydroxyl groups is 1. The van der Waals surface area contributed by atoms with Crippen LogP contribution >= 0.6 is 0 Å². The van der Waals surface area contributed by atoms with Crippen LogP contribution in [0.15, 0.2) is 18.2 Å². The van der Waals surface area contributed by atoms with Crippen LogP contribution in [0.25, 0.3) is 0 Å². The van der Waals surface area contributed by atoms with Crippen LogP contribution in [0, 0.1) is 18.8 Å². The molecule has 1 aliphatic rings. The minimum atomic E-state index is 0.314. The first kappa shape index (κ1) is 13.4. The van der Waals surface area contributed by atoms with Gasteiger partial charge >= 0.3 is 0 Å². The van der Waals surface area contributed by atoms with Crippen molar-refractivity contribution >= 4 is 0 Å². The summed E-state index contributed by atoms with van der Waals surface area (Å²) in [6, 6.07) is 6.33. The molecule has 18 heavy (non-hydrogen) atoms. The Labute approximate surface area is 111 Å². The molecule has 0 bridgehead atoms. The van der Waals surface area contributed by atoms with Gasteiger partial charge in [0, 0.05) is 18.2 Å². The van der Waals surface area contributed by atoms with Crippen molar-refractivity contribution in [2.75, 3.05) is 13.1 Å². The van der Waals surface area contributed by atoms with Crippen LogP contribution in [0.3, 0.4) is 0 Å². The zero-order chi connectivity index (χ0) is 13.3. The summed E-state index contributed by atoms with van der Waals surface area (Å²) >= 11 is 0. The van der Waals surface area contributed by atoms with Gasteiger partial charge in [-0.2, -0.15) is 0 Å². The number of hydrogen-bond donors (Lipinski definition) is 1. The summed E-state index contributed by atoms with van der Waals surface area (Å²) in [5.41, 5.74) is 2.18. The average molecular weight is 247 g/mol. The van der Waals surface area contributed by atoms with Crippen molar-refractivity contribution in [3.63, 3.8) is 0 Å². The Balaban J connectivity index is 2.10. The van der Waals surface area contributed by atoms with E-state index in [4.69, 9.17) is 0 Å². The van der Waals surface area contributed by atoms with Crippen LogP contribution in [-0.4, -0.2) is 23.1 Å². The standard InChI is InChI=1S/C16H25NO/c1-11(2)14-7-8-17(10-14)13(4)15-6-5-12(3)9-16(15)18/h5-6,9,11,13-14,18H,7-8,10H2,1-4H3. The predicted molar refractivity (Wildman–Crippen MR) is 75.8 cm³/mol. The van der Waals surface area contributed by atoms with Crippen LogP contribution in [0.4, 0.5) is 0 Å². The highest BCUT2D eigenvalue weighted by atomic mass is 16.3. The number of benzene rings is 1. The van der Waals surface area contributed by atoms with E-state index in [9.17, 15) is 5.11 Å². The quantitative estimate of drug-likeness (QED) is 0.879. The van der Waals surface area contributed by atoms with Crippen molar-refractivity contribution < 1.29 is 5.11 Å². The van der Waals surface area contributed by atoms with Gasteiger partial charge in [0.15, 0.2) is 0 Å². The summed E-state index contributed by atoms with van der Waals surface area (Å²) in [5.74, 6) is 2.00. The lowest BCUT2D eigenvalue weighted by Gasteiger charge is -2.26. The highest BCUT2D eigenvalue weighted by Crippen LogP contribution is 2.34. The minimum Gasteiger partial charge on any atom is -0.508 e. The van der Waals surface area contributed by atoms with Crippen molar-refractivity contribution in [2.45, 2.75) is 40.2 Å². The summed E-state index contributed by atoms with van der Waals surface area (Å²) < 4.78 is 0. The van der Waals surface area contributed by atoms with Crippen molar-refractivity contribution in [2.24, 2.45) is 11.8 Å². The molecular weight excluding hydrogens is 222 g/mol. The summed E-state index contributed by atoms with van der Waals surface area (Å²) in [7, 11) is 0. The van der Waals surface area contributed by atoms with Gasteiger partial charge in [0.1, 0.15) is 5.75 Å². The second-order valence-corrected chi connectivity index (χ2v) is 6.03. The monoisotopic (exact) mass is 247 g/mol. The van der Waals surface area contributed by atoms with E-state index in [2.05, 4.69) is 37.8 Å². The van der Waals surface area contributed by atoms with Gasteiger partial charge < -0.3 is 5.11 Å². The van der Waals surface area contributed by atoms with E-state index in [1.807, 2.05) is 13.0 Å². The van der Waals surface area contributed by atoms with Crippen LogP contribution < -0.4 is 0 Å². The number of phenols is 1. The molecule has 1 saturated heterocycles. The van der Waals surface area contributed by atoms with E-state index in [0.717, 1.165) is 36.1 Å². The van der Waals surface area contributed by atoms with Gasteiger partial charge in [0.25, 0.3) is 0 Å². The molecule has 2 unspecified atom stereocenters. The lowest BCUT2D eigenvalue weighted by Crippen LogP contribution is -2.25. The molecule has 100 valence electrons. The molecule has 1 N–H and O–H groups in total. The van der Waals surface area contributed by atoms with Gasteiger partial charge in [0.05, 0.1) is 0 Å². The number of likely N-dealkylation sites (tertiary alicyclic amines) is 1. The van der Waals surface area contributed by atoms with Gasteiger partial charge in [-0.3, -0.25) is 4.90 Å². The molecule has 0 spiro atoms. The second-order valence-electron chi connectivity index (χ2n) is 6.03. The molecule has 0 saturated carbocycles. The molecule has 1 fully saturated rings. The van der Waals surface area contributed by atoms with Crippen molar-refractivity contribution in [1.29, 1.82) is 0 Å². The smallest absolute Gasteiger partial charge is 0.120 e. The first-order valence-electron chi connectivity index (χ1n) is 7.02. The zero-order valence-corrected chi connectivity index (χ0v) is 12.0. The van der Waals surface area contributed by atoms with Crippen molar-refractivity contribution in [3.8, 4) is 5.75 Å². The maximum absolute atomic E-state index is 10.1. The fourth-order valence-electron chi connectivity index (χ4n) is 2.92. The summed E-state index contributed by atoms with van der Waals surface area (Å²) in [6.07, 6.45) is 1.29. The molecule has 0 aromatic heterocycles. The number of nitrogens with zero attached hydrogens (tertiary/aromatic N) is 1. The Morgan fingerprint density at radius 2 is 2.00 bits per heavy atom. The van der Waals surface area contributed by atoms with Crippen molar-refractivity contribution in [3.05, 3.63) is 29.3 Å². The van der Waals surface area contributed by atoms with Gasteiger partial charge in [0.2, 0.25) is 0 Å². The highest BCUT2D eigenvalue weighted by molar-refractivity contribution is 5.37. The molecule has 2 atom stereocenters. The zero-order valence-electron chi connectivity index (χ0n) is 12.0. The van der Waals surface area contributed by atoms with E-state index in [1.165, 1.54) is 6.42 Å². The highest BCUT2D eigenvalue weighted by Gasteiger charge is 2.29. The molecule has 0 radical (unpaired) electrons. The van der Waals surface area contributed by atoms with Crippen molar-refractivity contribution in [1.82, 2.24) is 4.90 Å². The largest absolute Gasteiger partial charge is 0.508 e. The third kappa shape index (κ3) is 2.69. The van der Waals surface area contributed by atoms with E-state index in [1.54, 1.807) is 0 Å². The summed E-state index contributed by atoms with van der Waals surface area (Å²) in [4.78, 5) is 2.50. The van der Waals surface area contributed by atoms with Gasteiger partial charge in [-0.05, 0) is 50.3 Å². The first-order chi connectivity index (χ1) is 8.49. The van der Waals surface area contributed by atoms with Gasteiger partial charge in [-0.1, -0.05) is 26.0 Å². The molecule has 1 aliphatic heterocycles. The Bertz CT molecular complexity index is 414. The number of phenolic OH excluding ortho intramolecular Hbond substituents is 1. The molecule has 0 aliphatic carbocycles. The van der Waals surface area contributed by atoms with Gasteiger partial charge in [-0.15, -0.1) is 0 Å². The number of aryl methyl sites for hydroxylation is 1.